The smallest absolute Gasteiger partial charge is 0.302 e. The van der Waals surface area contributed by atoms with Crippen molar-refractivity contribution >= 4 is 11.9 Å². The average Bonchev–Trinajstić information content (AvgIpc) is 2.72. The van der Waals surface area contributed by atoms with Gasteiger partial charge >= 0.3 is 5.97 Å². The predicted molar refractivity (Wildman–Crippen MR) is 129 cm³/mol. The third kappa shape index (κ3) is 14.0. The van der Waals surface area contributed by atoms with Gasteiger partial charge in [0, 0.05) is 13.8 Å². The first-order valence-electron chi connectivity index (χ1n) is 12.3. The van der Waals surface area contributed by atoms with Crippen LogP contribution in [0.25, 0.3) is 0 Å². The first kappa shape index (κ1) is 27.2. The summed E-state index contributed by atoms with van der Waals surface area (Å²) in [6.07, 6.45) is 15.9. The highest BCUT2D eigenvalue weighted by Crippen LogP contribution is 2.18. The lowest BCUT2D eigenvalue weighted by atomic mass is 9.94. The number of carbonyl (C=O) groups excluding carboxylic acids is 2. The second-order valence-electron chi connectivity index (χ2n) is 9.27. The van der Waals surface area contributed by atoms with Crippen LogP contribution in [-0.4, -0.2) is 24.0 Å². The quantitative estimate of drug-likeness (QED) is 0.225. The van der Waals surface area contributed by atoms with Gasteiger partial charge in [0.25, 0.3) is 0 Å². The van der Waals surface area contributed by atoms with Gasteiger partial charge in [-0.3, -0.25) is 9.59 Å². The van der Waals surface area contributed by atoms with Crippen LogP contribution in [0.5, 0.6) is 0 Å². The van der Waals surface area contributed by atoms with E-state index in [9.17, 15) is 9.59 Å². The Morgan fingerprint density at radius 2 is 1.29 bits per heavy atom. The van der Waals surface area contributed by atoms with Gasteiger partial charge in [-0.15, -0.1) is 0 Å². The molecule has 0 aliphatic heterocycles. The van der Waals surface area contributed by atoms with Gasteiger partial charge in [-0.05, 0) is 50.2 Å². The van der Waals surface area contributed by atoms with Crippen LogP contribution >= 0.6 is 0 Å². The fourth-order valence-corrected chi connectivity index (χ4v) is 4.04. The lowest BCUT2D eigenvalue weighted by molar-refractivity contribution is -0.144. The van der Waals surface area contributed by atoms with Crippen molar-refractivity contribution in [3.8, 4) is 0 Å². The monoisotopic (exact) mass is 431 g/mol. The zero-order valence-electron chi connectivity index (χ0n) is 20.4. The lowest BCUT2D eigenvalue weighted by Crippen LogP contribution is -2.49. The number of aryl methyl sites for hydroxylation is 2. The minimum absolute atomic E-state index is 0.0956. The summed E-state index contributed by atoms with van der Waals surface area (Å²) in [5, 5.41) is 2.94. The van der Waals surface area contributed by atoms with Crippen molar-refractivity contribution < 1.29 is 14.3 Å². The molecule has 4 heteroatoms. The van der Waals surface area contributed by atoms with Gasteiger partial charge < -0.3 is 10.1 Å². The molecule has 0 heterocycles. The van der Waals surface area contributed by atoms with Crippen LogP contribution in [0.4, 0.5) is 0 Å². The minimum Gasteiger partial charge on any atom is -0.463 e. The molecule has 1 atom stereocenters. The van der Waals surface area contributed by atoms with Gasteiger partial charge in [0.15, 0.2) is 0 Å². The van der Waals surface area contributed by atoms with Gasteiger partial charge in [0.1, 0.15) is 6.61 Å². The molecule has 0 radical (unpaired) electrons. The summed E-state index contributed by atoms with van der Waals surface area (Å²) in [6, 6.07) is 9.06. The van der Waals surface area contributed by atoms with E-state index in [4.69, 9.17) is 4.74 Å². The van der Waals surface area contributed by atoms with Crippen molar-refractivity contribution in [3.05, 3.63) is 35.4 Å². The lowest BCUT2D eigenvalue weighted by Gasteiger charge is -2.29. The largest absolute Gasteiger partial charge is 0.463 e. The number of carbonyl (C=O) groups is 2. The molecule has 4 nitrogen and oxygen atoms in total. The number of esters is 1. The summed E-state index contributed by atoms with van der Waals surface area (Å²) >= 11 is 0. The topological polar surface area (TPSA) is 55.4 Å². The highest BCUT2D eigenvalue weighted by atomic mass is 16.5. The van der Waals surface area contributed by atoms with Crippen molar-refractivity contribution in [2.75, 3.05) is 6.61 Å². The molecule has 0 aliphatic rings. The number of rotatable bonds is 17. The van der Waals surface area contributed by atoms with Gasteiger partial charge in [0.2, 0.25) is 5.91 Å². The third-order valence-electron chi connectivity index (χ3n) is 5.86. The van der Waals surface area contributed by atoms with E-state index in [1.807, 2.05) is 6.92 Å². The Balaban J connectivity index is 2.25. The van der Waals surface area contributed by atoms with Crippen LogP contribution in [0.15, 0.2) is 24.3 Å². The summed E-state index contributed by atoms with van der Waals surface area (Å²) in [5.74, 6) is -0.412. The van der Waals surface area contributed by atoms with Gasteiger partial charge in [-0.25, -0.2) is 0 Å². The van der Waals surface area contributed by atoms with Crippen molar-refractivity contribution in [2.45, 2.75) is 117 Å². The summed E-state index contributed by atoms with van der Waals surface area (Å²) < 4.78 is 5.15. The van der Waals surface area contributed by atoms with Crippen LogP contribution in [0.1, 0.15) is 109 Å². The van der Waals surface area contributed by atoms with Crippen LogP contribution in [0.2, 0.25) is 0 Å². The highest BCUT2D eigenvalue weighted by molar-refractivity contribution is 5.74. The molecule has 1 rings (SSSR count). The van der Waals surface area contributed by atoms with Crippen molar-refractivity contribution in [1.29, 1.82) is 0 Å². The molecule has 0 saturated carbocycles. The Labute approximate surface area is 190 Å². The summed E-state index contributed by atoms with van der Waals surface area (Å²) in [5.41, 5.74) is 2.30. The summed E-state index contributed by atoms with van der Waals surface area (Å²) in [7, 11) is 0. The molecule has 31 heavy (non-hydrogen) atoms. The van der Waals surface area contributed by atoms with E-state index in [0.717, 1.165) is 25.7 Å². The van der Waals surface area contributed by atoms with Crippen LogP contribution in [0.3, 0.4) is 0 Å². The van der Waals surface area contributed by atoms with E-state index < -0.39 is 5.54 Å². The zero-order valence-corrected chi connectivity index (χ0v) is 20.4. The first-order valence-corrected chi connectivity index (χ1v) is 12.3. The summed E-state index contributed by atoms with van der Waals surface area (Å²) in [4.78, 5) is 22.6. The average molecular weight is 432 g/mol. The van der Waals surface area contributed by atoms with Gasteiger partial charge in [-0.2, -0.15) is 0 Å². The standard InChI is InChI=1S/C27H45NO3/c1-5-6-7-8-9-10-11-12-15-25-17-19-26(20-18-25)16-13-14-21-27(4,28-23(2)29)22-31-24(3)30/h17-20H,5-16,21-22H2,1-4H3,(H,28,29). The maximum absolute atomic E-state index is 11.5. The maximum Gasteiger partial charge on any atom is 0.302 e. The molecule has 0 bridgehead atoms. The fraction of sp³-hybridized carbons (Fsp3) is 0.704. The fourth-order valence-electron chi connectivity index (χ4n) is 4.04. The van der Waals surface area contributed by atoms with Gasteiger partial charge in [-0.1, -0.05) is 82.6 Å². The number of hydrogen-bond donors (Lipinski definition) is 1. The second-order valence-corrected chi connectivity index (χ2v) is 9.27. The number of ether oxygens (including phenoxy) is 1. The number of hydrogen-bond acceptors (Lipinski definition) is 3. The number of nitrogens with one attached hydrogen (secondary N) is 1. The number of benzene rings is 1. The SMILES string of the molecule is CCCCCCCCCCc1ccc(CCCCC(C)(COC(C)=O)NC(C)=O)cc1. The first-order chi connectivity index (χ1) is 14.8. The third-order valence-corrected chi connectivity index (χ3v) is 5.86. The molecule has 0 spiro atoms. The van der Waals surface area contributed by atoms with E-state index in [2.05, 4.69) is 36.5 Å². The molecule has 1 unspecified atom stereocenters. The Kier molecular flexibility index (Phi) is 13.9. The number of unbranched alkanes of at least 4 members (excludes halogenated alkanes) is 8. The van der Waals surface area contributed by atoms with E-state index in [1.54, 1.807) is 0 Å². The second kappa shape index (κ2) is 15.9. The van der Waals surface area contributed by atoms with Crippen molar-refractivity contribution in [1.82, 2.24) is 5.32 Å². The van der Waals surface area contributed by atoms with E-state index in [0.29, 0.717) is 0 Å². The summed E-state index contributed by atoms with van der Waals surface area (Å²) in [6.45, 7) is 7.32. The normalized spacial score (nSPS) is 12.9. The molecule has 0 fully saturated rings. The Morgan fingerprint density at radius 1 is 0.806 bits per heavy atom. The van der Waals surface area contributed by atoms with E-state index >= 15 is 0 Å². The molecule has 0 aromatic heterocycles. The van der Waals surface area contributed by atoms with E-state index in [-0.39, 0.29) is 18.5 Å². The molecular formula is C27H45NO3. The maximum atomic E-state index is 11.5. The van der Waals surface area contributed by atoms with E-state index in [1.165, 1.54) is 82.8 Å². The molecule has 1 aromatic carbocycles. The molecule has 1 amide bonds. The Bertz CT molecular complexity index is 626. The zero-order chi connectivity index (χ0) is 23.0. The number of amides is 1. The van der Waals surface area contributed by atoms with Gasteiger partial charge in [0.05, 0.1) is 5.54 Å². The van der Waals surface area contributed by atoms with Crippen molar-refractivity contribution in [3.63, 3.8) is 0 Å². The molecule has 176 valence electrons. The molecule has 0 saturated heterocycles. The van der Waals surface area contributed by atoms with Crippen molar-refractivity contribution in [2.24, 2.45) is 0 Å². The molecule has 1 aromatic rings. The molecular weight excluding hydrogens is 386 g/mol. The molecule has 0 aliphatic carbocycles. The minimum atomic E-state index is -0.503. The van der Waals surface area contributed by atoms with Crippen LogP contribution < -0.4 is 5.32 Å². The Hall–Kier alpha value is -1.84. The molecule has 1 N–H and O–H groups in total. The highest BCUT2D eigenvalue weighted by Gasteiger charge is 2.26. The predicted octanol–water partition coefficient (Wildman–Crippen LogP) is 6.54. The Morgan fingerprint density at radius 3 is 1.77 bits per heavy atom. The van der Waals surface area contributed by atoms with Crippen LogP contribution in [0, 0.1) is 0 Å². The van der Waals surface area contributed by atoms with Crippen LogP contribution in [-0.2, 0) is 27.2 Å².